The van der Waals surface area contributed by atoms with Gasteiger partial charge in [-0.2, -0.15) is 0 Å². The lowest BCUT2D eigenvalue weighted by Gasteiger charge is -2.46. The third-order valence-electron chi connectivity index (χ3n) is 5.13. The molecule has 4 nitrogen and oxygen atoms in total. The third-order valence-corrected chi connectivity index (χ3v) is 5.13. The van der Waals surface area contributed by atoms with Crippen LogP contribution in [-0.4, -0.2) is 55.6 Å². The maximum absolute atomic E-state index is 10.4. The summed E-state index contributed by atoms with van der Waals surface area (Å²) in [6, 6.07) is 4.10. The number of fused-ring (bicyclic) bond motifs is 3. The summed E-state index contributed by atoms with van der Waals surface area (Å²) in [5.41, 5.74) is 3.15. The van der Waals surface area contributed by atoms with E-state index in [1.54, 1.807) is 7.11 Å². The van der Waals surface area contributed by atoms with E-state index < -0.39 is 0 Å². The molecule has 0 aromatic heterocycles. The second-order valence-electron chi connectivity index (χ2n) is 6.86. The van der Waals surface area contributed by atoms with E-state index >= 15 is 0 Å². The largest absolute Gasteiger partial charge is 0.491 e. The van der Waals surface area contributed by atoms with Gasteiger partial charge in [-0.05, 0) is 69.0 Å². The molecule has 24 heavy (non-hydrogen) atoms. The molecule has 130 valence electrons. The van der Waals surface area contributed by atoms with Crippen molar-refractivity contribution in [3.63, 3.8) is 0 Å². The van der Waals surface area contributed by atoms with E-state index in [9.17, 15) is 5.11 Å². The van der Waals surface area contributed by atoms with Crippen molar-refractivity contribution in [3.8, 4) is 17.6 Å². The van der Waals surface area contributed by atoms with Crippen molar-refractivity contribution in [3.05, 3.63) is 28.8 Å². The maximum atomic E-state index is 10.4. The topological polar surface area (TPSA) is 41.9 Å². The minimum atomic E-state index is -0.307. The summed E-state index contributed by atoms with van der Waals surface area (Å²) in [6.45, 7) is 7.34. The summed E-state index contributed by atoms with van der Waals surface area (Å²) in [5, 5.41) is 10.4. The van der Waals surface area contributed by atoms with Crippen LogP contribution in [0.5, 0.6) is 5.75 Å². The predicted octanol–water partition coefficient (Wildman–Crippen LogP) is 2.14. The Bertz CT molecular complexity index is 613. The highest BCUT2D eigenvalue weighted by atomic mass is 16.5. The lowest BCUT2D eigenvalue weighted by atomic mass is 9.81. The molecule has 3 saturated heterocycles. The van der Waals surface area contributed by atoms with Crippen LogP contribution in [0.2, 0.25) is 0 Å². The summed E-state index contributed by atoms with van der Waals surface area (Å²) in [4.78, 5) is 2.32. The maximum Gasteiger partial charge on any atom is 0.125 e. The van der Waals surface area contributed by atoms with Crippen molar-refractivity contribution < 1.29 is 14.6 Å². The fraction of sp³-hybridized carbons (Fsp3) is 0.600. The van der Waals surface area contributed by atoms with Gasteiger partial charge >= 0.3 is 0 Å². The van der Waals surface area contributed by atoms with E-state index in [1.807, 2.05) is 13.8 Å². The van der Waals surface area contributed by atoms with Gasteiger partial charge in [0.25, 0.3) is 0 Å². The number of hydrogen-bond donors (Lipinski definition) is 1. The van der Waals surface area contributed by atoms with Crippen molar-refractivity contribution in [2.45, 2.75) is 38.8 Å². The molecule has 3 fully saturated rings. The molecule has 0 aliphatic carbocycles. The molecule has 4 heteroatoms. The average Bonchev–Trinajstić information content (AvgIpc) is 2.57. The first-order valence-corrected chi connectivity index (χ1v) is 8.77. The van der Waals surface area contributed by atoms with Crippen LogP contribution in [0, 0.1) is 31.6 Å². The first-order valence-electron chi connectivity index (χ1n) is 8.77. The number of aliphatic hydroxyl groups is 1. The van der Waals surface area contributed by atoms with Gasteiger partial charge in [-0.1, -0.05) is 11.8 Å². The summed E-state index contributed by atoms with van der Waals surface area (Å²) in [5.74, 6) is 7.92. The number of hydrogen-bond acceptors (Lipinski definition) is 4. The Morgan fingerprint density at radius 2 is 1.83 bits per heavy atom. The number of methoxy groups -OCH3 is 1. The van der Waals surface area contributed by atoms with Crippen molar-refractivity contribution in [2.24, 2.45) is 5.92 Å². The fourth-order valence-corrected chi connectivity index (χ4v) is 3.82. The van der Waals surface area contributed by atoms with Crippen LogP contribution in [0.25, 0.3) is 0 Å². The molecular weight excluding hydrogens is 302 g/mol. The average molecular weight is 329 g/mol. The van der Waals surface area contributed by atoms with Gasteiger partial charge < -0.3 is 14.6 Å². The van der Waals surface area contributed by atoms with E-state index in [2.05, 4.69) is 28.9 Å². The number of nitrogens with zero attached hydrogens (tertiary/aromatic N) is 1. The number of benzene rings is 1. The van der Waals surface area contributed by atoms with Gasteiger partial charge in [0.2, 0.25) is 0 Å². The van der Waals surface area contributed by atoms with Crippen LogP contribution in [0.15, 0.2) is 12.1 Å². The number of ether oxygens (including phenoxy) is 2. The Morgan fingerprint density at radius 3 is 2.42 bits per heavy atom. The predicted molar refractivity (Wildman–Crippen MR) is 94.3 cm³/mol. The van der Waals surface area contributed by atoms with Crippen LogP contribution >= 0.6 is 0 Å². The van der Waals surface area contributed by atoms with Crippen LogP contribution in [0.1, 0.15) is 29.5 Å². The molecule has 3 aliphatic rings. The van der Waals surface area contributed by atoms with Gasteiger partial charge in [-0.25, -0.2) is 0 Å². The van der Waals surface area contributed by atoms with Crippen molar-refractivity contribution in [1.29, 1.82) is 0 Å². The zero-order valence-corrected chi connectivity index (χ0v) is 14.8. The molecule has 2 bridgehead atoms. The molecule has 3 aliphatic heterocycles. The van der Waals surface area contributed by atoms with Gasteiger partial charge in [0.1, 0.15) is 12.4 Å². The highest BCUT2D eigenvalue weighted by Crippen LogP contribution is 2.32. The Kier molecular flexibility index (Phi) is 5.45. The lowest BCUT2D eigenvalue weighted by Crippen LogP contribution is -2.57. The number of aryl methyl sites for hydroxylation is 2. The van der Waals surface area contributed by atoms with Gasteiger partial charge in [0.05, 0.1) is 18.8 Å². The van der Waals surface area contributed by atoms with Crippen LogP contribution in [0.3, 0.4) is 0 Å². The molecule has 1 N–H and O–H groups in total. The summed E-state index contributed by atoms with van der Waals surface area (Å²) in [6.07, 6.45) is 1.90. The van der Waals surface area contributed by atoms with Gasteiger partial charge in [0.15, 0.2) is 0 Å². The minimum Gasteiger partial charge on any atom is -0.491 e. The van der Waals surface area contributed by atoms with E-state index in [4.69, 9.17) is 9.47 Å². The van der Waals surface area contributed by atoms with E-state index in [0.717, 1.165) is 48.4 Å². The van der Waals surface area contributed by atoms with Gasteiger partial charge in [0, 0.05) is 12.7 Å². The Morgan fingerprint density at radius 1 is 1.17 bits per heavy atom. The Hall–Kier alpha value is -1.54. The molecule has 3 heterocycles. The smallest absolute Gasteiger partial charge is 0.125 e. The number of piperidine rings is 3. The molecule has 0 saturated carbocycles. The summed E-state index contributed by atoms with van der Waals surface area (Å²) >= 11 is 0. The monoisotopic (exact) mass is 329 g/mol. The molecule has 1 aromatic rings. The molecule has 2 unspecified atom stereocenters. The highest BCUT2D eigenvalue weighted by Gasteiger charge is 2.40. The van der Waals surface area contributed by atoms with E-state index in [1.165, 1.54) is 0 Å². The molecule has 2 atom stereocenters. The Balaban J connectivity index is 1.74. The SMILES string of the molecule is COCCOc1c(C)cc(C#CC2C(O)C3CCN2CC3)cc1C. The summed E-state index contributed by atoms with van der Waals surface area (Å²) < 4.78 is 10.8. The minimum absolute atomic E-state index is 0.0178. The van der Waals surface area contributed by atoms with E-state index in [0.29, 0.717) is 19.1 Å². The van der Waals surface area contributed by atoms with Crippen molar-refractivity contribution >= 4 is 0 Å². The first-order chi connectivity index (χ1) is 11.6. The zero-order valence-electron chi connectivity index (χ0n) is 14.8. The molecule has 0 spiro atoms. The molecular formula is C20H27NO3. The Labute approximate surface area is 144 Å². The van der Waals surface area contributed by atoms with Crippen molar-refractivity contribution in [2.75, 3.05) is 33.4 Å². The molecule has 4 rings (SSSR count). The summed E-state index contributed by atoms with van der Waals surface area (Å²) in [7, 11) is 1.67. The number of rotatable bonds is 4. The van der Waals surface area contributed by atoms with Gasteiger partial charge in [-0.15, -0.1) is 0 Å². The lowest BCUT2D eigenvalue weighted by molar-refractivity contribution is -0.0500. The molecule has 0 radical (unpaired) electrons. The van der Waals surface area contributed by atoms with Crippen LogP contribution < -0.4 is 4.74 Å². The standard InChI is InChI=1S/C20H27NO3/c1-14-12-16(13-15(2)20(14)24-11-10-23-3)4-5-18-19(22)17-6-8-21(18)9-7-17/h12-13,17-19,22H,6-11H2,1-3H3. The third kappa shape index (κ3) is 3.59. The van der Waals surface area contributed by atoms with Crippen molar-refractivity contribution in [1.82, 2.24) is 4.90 Å². The molecule has 1 aromatic carbocycles. The van der Waals surface area contributed by atoms with Crippen LogP contribution in [-0.2, 0) is 4.74 Å². The first kappa shape index (κ1) is 17.3. The molecule has 0 amide bonds. The van der Waals surface area contributed by atoms with Crippen LogP contribution in [0.4, 0.5) is 0 Å². The second kappa shape index (κ2) is 7.57. The van der Waals surface area contributed by atoms with Gasteiger partial charge in [-0.3, -0.25) is 4.90 Å². The normalized spacial score (nSPS) is 28.3. The zero-order chi connectivity index (χ0) is 17.1. The number of aliphatic hydroxyl groups excluding tert-OH is 1. The fourth-order valence-electron chi connectivity index (χ4n) is 3.82. The van der Waals surface area contributed by atoms with E-state index in [-0.39, 0.29) is 12.1 Å². The quantitative estimate of drug-likeness (QED) is 0.679. The second-order valence-corrected chi connectivity index (χ2v) is 6.86. The highest BCUT2D eigenvalue weighted by molar-refractivity contribution is 5.49.